The fraction of sp³-hybridized carbons (Fsp3) is 0.684. The first kappa shape index (κ1) is 17.2. The number of rotatable bonds is 5. The van der Waals surface area contributed by atoms with Gasteiger partial charge in [0.2, 0.25) is 0 Å². The lowest BCUT2D eigenvalue weighted by Gasteiger charge is -2.45. The molecule has 1 aromatic rings. The molecule has 3 aliphatic heterocycles. The molecule has 0 radical (unpaired) electrons. The maximum Gasteiger partial charge on any atom is 0.176 e. The van der Waals surface area contributed by atoms with E-state index in [9.17, 15) is 5.11 Å². The third kappa shape index (κ3) is 3.41. The topological polar surface area (TPSA) is 63.2 Å². The largest absolute Gasteiger partial charge is 0.496 e. The summed E-state index contributed by atoms with van der Waals surface area (Å²) in [6, 6.07) is 7.72. The van der Waals surface area contributed by atoms with Crippen molar-refractivity contribution in [3.8, 4) is 5.75 Å². The van der Waals surface area contributed by atoms with Crippen molar-refractivity contribution in [1.29, 1.82) is 0 Å². The van der Waals surface area contributed by atoms with E-state index in [0.29, 0.717) is 13.2 Å². The van der Waals surface area contributed by atoms with Gasteiger partial charge in [0.15, 0.2) is 6.29 Å². The van der Waals surface area contributed by atoms with E-state index in [1.54, 1.807) is 7.11 Å². The molecule has 0 amide bonds. The van der Waals surface area contributed by atoms with Crippen molar-refractivity contribution in [1.82, 2.24) is 10.2 Å². The molecule has 6 nitrogen and oxygen atoms in total. The van der Waals surface area contributed by atoms with Crippen LogP contribution in [0.5, 0.6) is 5.75 Å². The zero-order chi connectivity index (χ0) is 17.2. The van der Waals surface area contributed by atoms with Crippen LogP contribution >= 0.6 is 0 Å². The van der Waals surface area contributed by atoms with E-state index in [2.05, 4.69) is 10.2 Å². The normalized spacial score (nSPS) is 35.7. The molecular formula is C19H28N2O4. The highest BCUT2D eigenvalue weighted by Crippen LogP contribution is 2.33. The smallest absolute Gasteiger partial charge is 0.176 e. The Morgan fingerprint density at radius 1 is 1.24 bits per heavy atom. The van der Waals surface area contributed by atoms with Gasteiger partial charge in [-0.05, 0) is 32.0 Å². The van der Waals surface area contributed by atoms with E-state index >= 15 is 0 Å². The molecule has 6 heteroatoms. The lowest BCUT2D eigenvalue weighted by Crippen LogP contribution is -2.64. The second-order valence-corrected chi connectivity index (χ2v) is 7.17. The molecule has 0 aromatic heterocycles. The van der Waals surface area contributed by atoms with E-state index in [0.717, 1.165) is 24.4 Å². The van der Waals surface area contributed by atoms with Crippen molar-refractivity contribution in [2.45, 2.75) is 56.4 Å². The number of methoxy groups -OCH3 is 1. The quantitative estimate of drug-likeness (QED) is 0.832. The number of piperidine rings is 1. The number of ether oxygens (including phenoxy) is 3. The monoisotopic (exact) mass is 348 g/mol. The summed E-state index contributed by atoms with van der Waals surface area (Å²) in [7, 11) is 1.68. The van der Waals surface area contributed by atoms with Gasteiger partial charge >= 0.3 is 0 Å². The fourth-order valence-corrected chi connectivity index (χ4v) is 4.33. The Kier molecular flexibility index (Phi) is 5.24. The third-order valence-electron chi connectivity index (χ3n) is 5.66. The van der Waals surface area contributed by atoms with Crippen molar-refractivity contribution in [3.05, 3.63) is 29.8 Å². The Balaban J connectivity index is 1.46. The molecule has 3 heterocycles. The number of aliphatic hydroxyl groups excluding tert-OH is 1. The molecule has 3 fully saturated rings. The Bertz CT molecular complexity index is 578. The van der Waals surface area contributed by atoms with Crippen LogP contribution in [0.3, 0.4) is 0 Å². The first-order valence-electron chi connectivity index (χ1n) is 9.32. The fourth-order valence-electron chi connectivity index (χ4n) is 4.33. The van der Waals surface area contributed by atoms with Crippen LogP contribution in [0.4, 0.5) is 0 Å². The predicted octanol–water partition coefficient (Wildman–Crippen LogP) is 1.12. The van der Waals surface area contributed by atoms with Crippen LogP contribution in [-0.2, 0) is 16.0 Å². The summed E-state index contributed by atoms with van der Waals surface area (Å²) < 4.78 is 17.3. The molecule has 0 aliphatic carbocycles. The Morgan fingerprint density at radius 3 is 2.84 bits per heavy atom. The minimum atomic E-state index is -0.501. The third-order valence-corrected chi connectivity index (χ3v) is 5.66. The van der Waals surface area contributed by atoms with Crippen LogP contribution in [-0.4, -0.2) is 67.4 Å². The van der Waals surface area contributed by atoms with Gasteiger partial charge in [-0.15, -0.1) is 0 Å². The summed E-state index contributed by atoms with van der Waals surface area (Å²) in [5.74, 6) is 0.856. The molecule has 0 spiro atoms. The highest BCUT2D eigenvalue weighted by atomic mass is 16.7. The Morgan fingerprint density at radius 2 is 2.04 bits per heavy atom. The van der Waals surface area contributed by atoms with Gasteiger partial charge in [0, 0.05) is 12.1 Å². The van der Waals surface area contributed by atoms with E-state index in [1.807, 2.05) is 24.3 Å². The van der Waals surface area contributed by atoms with E-state index in [1.165, 1.54) is 19.3 Å². The average molecular weight is 348 g/mol. The number of fused-ring (bicyclic) bond motifs is 2. The van der Waals surface area contributed by atoms with Crippen LogP contribution in [0.1, 0.15) is 24.8 Å². The lowest BCUT2D eigenvalue weighted by atomic mass is 9.93. The Labute approximate surface area is 149 Å². The summed E-state index contributed by atoms with van der Waals surface area (Å²) in [6.45, 7) is 3.18. The SMILES string of the molecule is COc1ccccc1CN[C@H]1[C@H](O)[C@@H](N2CCCCC2)[C@@H]2OC[C@H]1O2. The molecule has 5 atom stereocenters. The number of likely N-dealkylation sites (tertiary alicyclic amines) is 1. The molecule has 4 rings (SSSR count). The van der Waals surface area contributed by atoms with E-state index in [4.69, 9.17) is 14.2 Å². The number of aliphatic hydroxyl groups is 1. The summed E-state index contributed by atoms with van der Waals surface area (Å²) >= 11 is 0. The van der Waals surface area contributed by atoms with Crippen LogP contribution in [0.2, 0.25) is 0 Å². The number of para-hydroxylation sites is 1. The van der Waals surface area contributed by atoms with Crippen molar-refractivity contribution >= 4 is 0 Å². The zero-order valence-corrected chi connectivity index (χ0v) is 14.8. The van der Waals surface area contributed by atoms with Crippen LogP contribution in [0.25, 0.3) is 0 Å². The molecule has 3 saturated heterocycles. The second kappa shape index (κ2) is 7.60. The molecule has 3 aliphatic rings. The molecule has 25 heavy (non-hydrogen) atoms. The predicted molar refractivity (Wildman–Crippen MR) is 93.5 cm³/mol. The molecule has 0 unspecified atom stereocenters. The van der Waals surface area contributed by atoms with Gasteiger partial charge < -0.3 is 24.6 Å². The summed E-state index contributed by atoms with van der Waals surface area (Å²) in [6.07, 6.45) is 2.72. The van der Waals surface area contributed by atoms with Gasteiger partial charge in [-0.2, -0.15) is 0 Å². The summed E-state index contributed by atoms with van der Waals surface area (Å²) in [5.41, 5.74) is 1.08. The maximum atomic E-state index is 11.1. The average Bonchev–Trinajstić information content (AvgIpc) is 3.08. The molecule has 138 valence electrons. The first-order valence-corrected chi connectivity index (χ1v) is 9.32. The lowest BCUT2D eigenvalue weighted by molar-refractivity contribution is -0.184. The van der Waals surface area contributed by atoms with Crippen LogP contribution < -0.4 is 10.1 Å². The highest BCUT2D eigenvalue weighted by molar-refractivity contribution is 5.33. The number of benzene rings is 1. The molecule has 2 N–H and O–H groups in total. The second-order valence-electron chi connectivity index (χ2n) is 7.17. The maximum absolute atomic E-state index is 11.1. The van der Waals surface area contributed by atoms with Gasteiger partial charge in [0.25, 0.3) is 0 Å². The molecular weight excluding hydrogens is 320 g/mol. The number of hydrogen-bond acceptors (Lipinski definition) is 6. The highest BCUT2D eigenvalue weighted by Gasteiger charge is 2.51. The van der Waals surface area contributed by atoms with E-state index < -0.39 is 6.10 Å². The molecule has 1 aromatic carbocycles. The molecule has 2 bridgehead atoms. The van der Waals surface area contributed by atoms with Crippen molar-refractivity contribution < 1.29 is 19.3 Å². The summed E-state index contributed by atoms with van der Waals surface area (Å²) in [5, 5.41) is 14.6. The van der Waals surface area contributed by atoms with Crippen LogP contribution in [0.15, 0.2) is 24.3 Å². The Hall–Kier alpha value is -1.18. The van der Waals surface area contributed by atoms with Crippen molar-refractivity contribution in [2.24, 2.45) is 0 Å². The first-order chi connectivity index (χ1) is 12.3. The summed E-state index contributed by atoms with van der Waals surface area (Å²) in [4.78, 5) is 2.35. The molecule has 0 saturated carbocycles. The number of nitrogens with zero attached hydrogens (tertiary/aromatic N) is 1. The van der Waals surface area contributed by atoms with Crippen molar-refractivity contribution in [3.63, 3.8) is 0 Å². The van der Waals surface area contributed by atoms with Crippen molar-refractivity contribution in [2.75, 3.05) is 26.8 Å². The van der Waals surface area contributed by atoms with E-state index in [-0.39, 0.29) is 24.5 Å². The van der Waals surface area contributed by atoms with Gasteiger partial charge in [0.1, 0.15) is 11.9 Å². The van der Waals surface area contributed by atoms with Gasteiger partial charge in [-0.3, -0.25) is 4.90 Å². The van der Waals surface area contributed by atoms with Crippen LogP contribution in [0, 0.1) is 0 Å². The van der Waals surface area contributed by atoms with Gasteiger partial charge in [-0.1, -0.05) is 24.6 Å². The van der Waals surface area contributed by atoms with Gasteiger partial charge in [0.05, 0.1) is 31.9 Å². The minimum absolute atomic E-state index is 0.0887. The number of hydrogen-bond donors (Lipinski definition) is 2. The standard InChI is InChI=1S/C19H28N2O4/c1-23-14-8-4-3-7-13(14)11-20-16-15-12-24-19(25-15)17(18(16)22)21-9-5-2-6-10-21/h3-4,7-8,15-20,22H,2,5-6,9-12H2,1H3/t15-,16-,17-,18+,19-/m1/s1. The number of nitrogens with one attached hydrogen (secondary N) is 1. The minimum Gasteiger partial charge on any atom is -0.496 e. The zero-order valence-electron chi connectivity index (χ0n) is 14.8. The van der Waals surface area contributed by atoms with Gasteiger partial charge in [-0.25, -0.2) is 0 Å².